The smallest absolute Gasteiger partial charge is 0.326 e. The first-order valence-corrected chi connectivity index (χ1v) is 13.9. The van der Waals surface area contributed by atoms with Crippen molar-refractivity contribution in [2.24, 2.45) is 0 Å². The molecular formula is C29H35N3O13. The summed E-state index contributed by atoms with van der Waals surface area (Å²) in [5, 5.41) is 43.9. The van der Waals surface area contributed by atoms with Gasteiger partial charge in [0.1, 0.15) is 23.6 Å². The molecule has 0 spiro atoms. The van der Waals surface area contributed by atoms with Gasteiger partial charge in [-0.15, -0.1) is 0 Å². The van der Waals surface area contributed by atoms with Crippen LogP contribution in [-0.4, -0.2) is 93.9 Å². The van der Waals surface area contributed by atoms with E-state index in [-0.39, 0.29) is 32.6 Å². The lowest BCUT2D eigenvalue weighted by Gasteiger charge is -2.17. The van der Waals surface area contributed by atoms with Crippen LogP contribution in [0.5, 0.6) is 11.5 Å². The maximum absolute atomic E-state index is 12.4. The molecule has 2 rings (SSSR count). The minimum absolute atomic E-state index is 0.0762. The van der Waals surface area contributed by atoms with Crippen LogP contribution in [-0.2, 0) is 33.6 Å². The maximum atomic E-state index is 12.4. The number of ether oxygens (including phenoxy) is 2. The van der Waals surface area contributed by atoms with Gasteiger partial charge < -0.3 is 45.9 Å². The van der Waals surface area contributed by atoms with Gasteiger partial charge in [0.2, 0.25) is 17.7 Å². The Morgan fingerprint density at radius 3 is 1.67 bits per heavy atom. The lowest BCUT2D eigenvalue weighted by atomic mass is 10.1. The highest BCUT2D eigenvalue weighted by Crippen LogP contribution is 2.32. The summed E-state index contributed by atoms with van der Waals surface area (Å²) in [7, 11) is 0. The molecule has 45 heavy (non-hydrogen) atoms. The van der Waals surface area contributed by atoms with Crippen LogP contribution in [0.3, 0.4) is 0 Å². The first kappa shape index (κ1) is 35.8. The second-order valence-electron chi connectivity index (χ2n) is 9.72. The van der Waals surface area contributed by atoms with Gasteiger partial charge in [0.15, 0.2) is 0 Å². The number of carbonyl (C=O) groups is 7. The standard InChI is InChI=1S/C29H35N3O13/c33-23(32-20(29(42)43)16-27(39)40)9-3-13-44-21-7-1-6-18-17(21)5-2-8-22(18)45-14-4-12-30-28(41)19(15-26(37)38)31-24(34)10-11-25(35)36/h1-2,5-8,19-20H,3-4,9-16H2,(H,30,41)(H,31,34)(H,32,33)(H,35,36)(H,37,38)(H,39,40)(H,42,43)/t19-,20-/m0/s1. The van der Waals surface area contributed by atoms with E-state index < -0.39 is 79.4 Å². The number of aliphatic carboxylic acids is 4. The van der Waals surface area contributed by atoms with E-state index in [0.29, 0.717) is 17.9 Å². The Kier molecular flexibility index (Phi) is 14.6. The lowest BCUT2D eigenvalue weighted by Crippen LogP contribution is -2.48. The Bertz CT molecular complexity index is 1390. The number of hydrogen-bond acceptors (Lipinski definition) is 9. The Morgan fingerprint density at radius 1 is 0.622 bits per heavy atom. The monoisotopic (exact) mass is 633 g/mol. The van der Waals surface area contributed by atoms with Gasteiger partial charge in [0, 0.05) is 30.2 Å². The molecule has 2 atom stereocenters. The fourth-order valence-corrected chi connectivity index (χ4v) is 4.02. The number of carboxylic acid groups (broad SMARTS) is 4. The number of amides is 3. The summed E-state index contributed by atoms with van der Waals surface area (Å²) in [6.07, 6.45) is -1.77. The van der Waals surface area contributed by atoms with Gasteiger partial charge >= 0.3 is 23.9 Å². The van der Waals surface area contributed by atoms with Crippen molar-refractivity contribution in [3.8, 4) is 11.5 Å². The molecule has 2 aromatic carbocycles. The molecule has 0 radical (unpaired) electrons. The molecule has 0 saturated heterocycles. The molecule has 0 aromatic heterocycles. The van der Waals surface area contributed by atoms with E-state index in [9.17, 15) is 33.6 Å². The van der Waals surface area contributed by atoms with Crippen molar-refractivity contribution in [2.75, 3.05) is 19.8 Å². The van der Waals surface area contributed by atoms with Crippen molar-refractivity contribution in [2.45, 2.75) is 57.0 Å². The van der Waals surface area contributed by atoms with E-state index in [0.717, 1.165) is 10.8 Å². The summed E-state index contributed by atoms with van der Waals surface area (Å²) in [5.41, 5.74) is 0. The number of hydrogen-bond donors (Lipinski definition) is 7. The number of carbonyl (C=O) groups excluding carboxylic acids is 3. The molecule has 3 amide bonds. The third-order valence-electron chi connectivity index (χ3n) is 6.13. The molecule has 2 aromatic rings. The second kappa shape index (κ2) is 18.3. The Labute approximate surface area is 256 Å². The van der Waals surface area contributed by atoms with E-state index in [1.165, 1.54) is 0 Å². The summed E-state index contributed by atoms with van der Waals surface area (Å²) in [4.78, 5) is 79.9. The van der Waals surface area contributed by atoms with Crippen LogP contribution in [0.25, 0.3) is 10.8 Å². The van der Waals surface area contributed by atoms with Gasteiger partial charge in [-0.2, -0.15) is 0 Å². The predicted molar refractivity (Wildman–Crippen MR) is 155 cm³/mol. The minimum Gasteiger partial charge on any atom is -0.493 e. The maximum Gasteiger partial charge on any atom is 0.326 e. The van der Waals surface area contributed by atoms with Gasteiger partial charge in [-0.25, -0.2) is 4.79 Å². The zero-order valence-corrected chi connectivity index (χ0v) is 24.2. The molecule has 0 heterocycles. The van der Waals surface area contributed by atoms with Crippen molar-refractivity contribution >= 4 is 52.4 Å². The predicted octanol–water partition coefficient (Wildman–Crippen LogP) is 0.752. The van der Waals surface area contributed by atoms with E-state index in [1.807, 2.05) is 6.07 Å². The van der Waals surface area contributed by atoms with Crippen LogP contribution < -0.4 is 25.4 Å². The van der Waals surface area contributed by atoms with Gasteiger partial charge in [0.05, 0.1) is 32.5 Å². The van der Waals surface area contributed by atoms with Gasteiger partial charge in [0.25, 0.3) is 0 Å². The largest absolute Gasteiger partial charge is 0.493 e. The van der Waals surface area contributed by atoms with Crippen LogP contribution in [0.4, 0.5) is 0 Å². The van der Waals surface area contributed by atoms with Gasteiger partial charge in [-0.1, -0.05) is 24.3 Å². The SMILES string of the molecule is O=C(O)CCC(=O)N[C@@H](CC(=O)O)C(=O)NCCCOc1cccc2c(OCCCC(=O)N[C@@H](CC(=O)O)C(=O)O)cccc12. The first-order valence-electron chi connectivity index (χ1n) is 13.9. The molecule has 0 bridgehead atoms. The molecule has 16 heteroatoms. The number of fused-ring (bicyclic) bond motifs is 1. The topological polar surface area (TPSA) is 255 Å². The van der Waals surface area contributed by atoms with Gasteiger partial charge in [-0.05, 0) is 25.0 Å². The molecule has 0 aliphatic rings. The second-order valence-corrected chi connectivity index (χ2v) is 9.72. The normalized spacial score (nSPS) is 11.9. The Balaban J connectivity index is 1.85. The molecular weight excluding hydrogens is 598 g/mol. The number of nitrogens with one attached hydrogen (secondary N) is 3. The number of rotatable bonds is 21. The van der Waals surface area contributed by atoms with E-state index in [2.05, 4.69) is 16.0 Å². The lowest BCUT2D eigenvalue weighted by molar-refractivity contribution is -0.147. The average molecular weight is 634 g/mol. The van der Waals surface area contributed by atoms with Crippen LogP contribution >= 0.6 is 0 Å². The van der Waals surface area contributed by atoms with Gasteiger partial charge in [-0.3, -0.25) is 28.8 Å². The van der Waals surface area contributed by atoms with Crippen molar-refractivity contribution in [3.63, 3.8) is 0 Å². The molecule has 0 aliphatic heterocycles. The zero-order chi connectivity index (χ0) is 33.4. The molecule has 7 N–H and O–H groups in total. The zero-order valence-electron chi connectivity index (χ0n) is 24.2. The molecule has 244 valence electrons. The highest BCUT2D eigenvalue weighted by atomic mass is 16.5. The van der Waals surface area contributed by atoms with Crippen molar-refractivity contribution in [3.05, 3.63) is 36.4 Å². The number of carboxylic acids is 4. The minimum atomic E-state index is -1.53. The summed E-state index contributed by atoms with van der Waals surface area (Å²) < 4.78 is 11.7. The van der Waals surface area contributed by atoms with Crippen molar-refractivity contribution in [1.82, 2.24) is 16.0 Å². The molecule has 0 saturated carbocycles. The van der Waals surface area contributed by atoms with Crippen LogP contribution in [0, 0.1) is 0 Å². The van der Waals surface area contributed by atoms with Crippen molar-refractivity contribution in [1.29, 1.82) is 0 Å². The van der Waals surface area contributed by atoms with E-state index >= 15 is 0 Å². The molecule has 16 nitrogen and oxygen atoms in total. The third-order valence-corrected chi connectivity index (χ3v) is 6.13. The molecule has 0 aliphatic carbocycles. The average Bonchev–Trinajstić information content (AvgIpc) is 2.97. The summed E-state index contributed by atoms with van der Waals surface area (Å²) in [5.74, 6) is -6.38. The summed E-state index contributed by atoms with van der Waals surface area (Å²) in [6, 6.07) is 7.68. The quantitative estimate of drug-likeness (QED) is 0.0938. The fraction of sp³-hybridized carbons (Fsp3) is 0.414. The van der Waals surface area contributed by atoms with E-state index in [4.69, 9.17) is 29.9 Å². The van der Waals surface area contributed by atoms with Crippen LogP contribution in [0.15, 0.2) is 36.4 Å². The highest BCUT2D eigenvalue weighted by Gasteiger charge is 2.24. The Hall–Kier alpha value is -5.41. The first-order chi connectivity index (χ1) is 21.4. The summed E-state index contributed by atoms with van der Waals surface area (Å²) in [6.45, 7) is 0.403. The van der Waals surface area contributed by atoms with Crippen molar-refractivity contribution < 1.29 is 63.5 Å². The summed E-state index contributed by atoms with van der Waals surface area (Å²) >= 11 is 0. The highest BCUT2D eigenvalue weighted by molar-refractivity contribution is 5.93. The van der Waals surface area contributed by atoms with Crippen LogP contribution in [0.1, 0.15) is 44.9 Å². The van der Waals surface area contributed by atoms with E-state index in [1.54, 1.807) is 30.3 Å². The molecule has 0 fully saturated rings. The number of benzene rings is 2. The third kappa shape index (κ3) is 13.2. The molecule has 0 unspecified atom stereocenters. The Morgan fingerprint density at radius 2 is 1.13 bits per heavy atom. The van der Waals surface area contributed by atoms with Crippen LogP contribution in [0.2, 0.25) is 0 Å². The fourth-order valence-electron chi connectivity index (χ4n) is 4.02.